The Labute approximate surface area is 128 Å². The van der Waals surface area contributed by atoms with Gasteiger partial charge in [-0.1, -0.05) is 30.3 Å². The van der Waals surface area contributed by atoms with Crippen molar-refractivity contribution in [1.29, 1.82) is 0 Å². The number of amides is 1. The van der Waals surface area contributed by atoms with E-state index in [1.54, 1.807) is 37.4 Å². The Hall–Kier alpha value is -2.44. The lowest BCUT2D eigenvalue weighted by atomic mass is 9.70. The molecular formula is C15H18N2O5. The van der Waals surface area contributed by atoms with Crippen LogP contribution in [0.5, 0.6) is 0 Å². The van der Waals surface area contributed by atoms with Gasteiger partial charge in [-0.05, 0) is 12.0 Å². The molecule has 0 aliphatic carbocycles. The SMILES string of the molecule is COC(=O)[C@@]1([C@H](C[N+](=O)[O-])c2ccccc2)CCN(C)C1=O. The molecule has 0 N–H and O–H groups in total. The number of hydrogen-bond donors (Lipinski definition) is 0. The number of methoxy groups -OCH3 is 1. The van der Waals surface area contributed by atoms with E-state index in [2.05, 4.69) is 0 Å². The summed E-state index contributed by atoms with van der Waals surface area (Å²) in [7, 11) is 2.78. The summed E-state index contributed by atoms with van der Waals surface area (Å²) in [6.07, 6.45) is 0.211. The fourth-order valence-electron chi connectivity index (χ4n) is 3.11. The third-order valence-electron chi connectivity index (χ3n) is 4.25. The van der Waals surface area contributed by atoms with Gasteiger partial charge in [0.25, 0.3) is 0 Å². The highest BCUT2D eigenvalue weighted by atomic mass is 16.6. The highest BCUT2D eigenvalue weighted by Crippen LogP contribution is 2.45. The van der Waals surface area contributed by atoms with Crippen LogP contribution in [0.2, 0.25) is 0 Å². The average Bonchev–Trinajstić information content (AvgIpc) is 2.82. The molecule has 2 atom stereocenters. The van der Waals surface area contributed by atoms with Crippen LogP contribution in [0.3, 0.4) is 0 Å². The predicted molar refractivity (Wildman–Crippen MR) is 77.7 cm³/mol. The van der Waals surface area contributed by atoms with Crippen LogP contribution in [-0.4, -0.2) is 48.9 Å². The van der Waals surface area contributed by atoms with Crippen molar-refractivity contribution in [1.82, 2.24) is 4.90 Å². The van der Waals surface area contributed by atoms with Crippen LogP contribution in [0.1, 0.15) is 17.9 Å². The van der Waals surface area contributed by atoms with Gasteiger partial charge in [-0.25, -0.2) is 0 Å². The molecule has 1 aromatic rings. The van der Waals surface area contributed by atoms with Crippen molar-refractivity contribution in [2.75, 3.05) is 27.2 Å². The molecule has 0 aromatic heterocycles. The molecule has 1 amide bonds. The molecule has 0 bridgehead atoms. The van der Waals surface area contributed by atoms with Crippen molar-refractivity contribution >= 4 is 11.9 Å². The molecule has 0 radical (unpaired) electrons. The Morgan fingerprint density at radius 1 is 1.45 bits per heavy atom. The maximum Gasteiger partial charge on any atom is 0.322 e. The second-order valence-corrected chi connectivity index (χ2v) is 5.42. The van der Waals surface area contributed by atoms with E-state index in [4.69, 9.17) is 4.74 Å². The molecule has 0 spiro atoms. The van der Waals surface area contributed by atoms with E-state index in [-0.39, 0.29) is 6.42 Å². The molecule has 1 aliphatic rings. The fraction of sp³-hybridized carbons (Fsp3) is 0.467. The number of hydrogen-bond acceptors (Lipinski definition) is 5. The summed E-state index contributed by atoms with van der Waals surface area (Å²) >= 11 is 0. The van der Waals surface area contributed by atoms with Crippen LogP contribution >= 0.6 is 0 Å². The lowest BCUT2D eigenvalue weighted by Crippen LogP contribution is -2.47. The Balaban J connectivity index is 2.57. The standard InChI is InChI=1S/C15H18N2O5/c1-16-9-8-15(13(16)18,14(19)22-2)12(10-17(20)21)11-6-4-3-5-7-11/h3-7,12H,8-10H2,1-2H3/t12-,15-/m1/s1. The number of carbonyl (C=O) groups excluding carboxylic acids is 2. The van der Waals surface area contributed by atoms with Crippen LogP contribution in [-0.2, 0) is 14.3 Å². The third-order valence-corrected chi connectivity index (χ3v) is 4.25. The van der Waals surface area contributed by atoms with Gasteiger partial charge in [0, 0.05) is 18.5 Å². The molecule has 1 heterocycles. The van der Waals surface area contributed by atoms with E-state index in [1.807, 2.05) is 0 Å². The Morgan fingerprint density at radius 3 is 2.55 bits per heavy atom. The Morgan fingerprint density at radius 2 is 2.09 bits per heavy atom. The zero-order valence-electron chi connectivity index (χ0n) is 12.5. The molecule has 1 aliphatic heterocycles. The van der Waals surface area contributed by atoms with Gasteiger partial charge in [-0.3, -0.25) is 19.7 Å². The van der Waals surface area contributed by atoms with Gasteiger partial charge < -0.3 is 9.64 Å². The maximum absolute atomic E-state index is 12.6. The third kappa shape index (κ3) is 2.54. The molecule has 1 aromatic carbocycles. The van der Waals surface area contributed by atoms with Gasteiger partial charge >= 0.3 is 5.97 Å². The van der Waals surface area contributed by atoms with Crippen molar-refractivity contribution in [3.8, 4) is 0 Å². The van der Waals surface area contributed by atoms with E-state index in [0.717, 1.165) is 0 Å². The van der Waals surface area contributed by atoms with Crippen molar-refractivity contribution in [2.45, 2.75) is 12.3 Å². The molecule has 7 nitrogen and oxygen atoms in total. The number of esters is 1. The van der Waals surface area contributed by atoms with Crippen molar-refractivity contribution in [3.63, 3.8) is 0 Å². The summed E-state index contributed by atoms with van der Waals surface area (Å²) in [5.41, 5.74) is -0.939. The smallest absolute Gasteiger partial charge is 0.322 e. The van der Waals surface area contributed by atoms with Gasteiger partial charge in [0.1, 0.15) is 0 Å². The molecule has 2 rings (SSSR count). The van der Waals surface area contributed by atoms with Crippen LogP contribution in [0.4, 0.5) is 0 Å². The van der Waals surface area contributed by atoms with Crippen molar-refractivity contribution in [3.05, 3.63) is 46.0 Å². The fourth-order valence-corrected chi connectivity index (χ4v) is 3.11. The number of rotatable bonds is 5. The van der Waals surface area contributed by atoms with Gasteiger partial charge in [-0.15, -0.1) is 0 Å². The Bertz CT molecular complexity index is 589. The number of ether oxygens (including phenoxy) is 1. The van der Waals surface area contributed by atoms with Crippen LogP contribution in [0.25, 0.3) is 0 Å². The molecule has 1 saturated heterocycles. The number of nitrogens with zero attached hydrogens (tertiary/aromatic N) is 2. The quantitative estimate of drug-likeness (QED) is 0.351. The Kier molecular flexibility index (Phi) is 4.44. The first-order valence-electron chi connectivity index (χ1n) is 6.94. The normalized spacial score (nSPS) is 22.5. The second-order valence-electron chi connectivity index (χ2n) is 5.42. The van der Waals surface area contributed by atoms with Crippen molar-refractivity contribution in [2.24, 2.45) is 5.41 Å². The largest absolute Gasteiger partial charge is 0.468 e. The van der Waals surface area contributed by atoms with E-state index in [0.29, 0.717) is 12.1 Å². The summed E-state index contributed by atoms with van der Waals surface area (Å²) in [6.45, 7) is -0.131. The number of carbonyl (C=O) groups is 2. The monoisotopic (exact) mass is 306 g/mol. The number of likely N-dealkylation sites (tertiary alicyclic amines) is 1. The topological polar surface area (TPSA) is 89.8 Å². The predicted octanol–water partition coefficient (Wildman–Crippen LogP) is 1.07. The van der Waals surface area contributed by atoms with Gasteiger partial charge in [0.05, 0.1) is 13.0 Å². The van der Waals surface area contributed by atoms with E-state index < -0.39 is 34.7 Å². The van der Waals surface area contributed by atoms with Gasteiger partial charge in [0.2, 0.25) is 12.5 Å². The van der Waals surface area contributed by atoms with E-state index in [1.165, 1.54) is 12.0 Å². The average molecular weight is 306 g/mol. The summed E-state index contributed by atoms with van der Waals surface area (Å²) in [6, 6.07) is 8.64. The molecule has 1 fully saturated rings. The molecular weight excluding hydrogens is 288 g/mol. The zero-order valence-corrected chi connectivity index (χ0v) is 12.5. The number of benzene rings is 1. The van der Waals surface area contributed by atoms with E-state index >= 15 is 0 Å². The highest BCUT2D eigenvalue weighted by Gasteiger charge is 2.59. The number of nitro groups is 1. The van der Waals surface area contributed by atoms with E-state index in [9.17, 15) is 19.7 Å². The zero-order chi connectivity index (χ0) is 16.3. The molecule has 0 saturated carbocycles. The summed E-state index contributed by atoms with van der Waals surface area (Å²) in [4.78, 5) is 37.1. The first kappa shape index (κ1) is 15.9. The first-order chi connectivity index (χ1) is 10.4. The molecule has 118 valence electrons. The molecule has 0 unspecified atom stereocenters. The van der Waals surface area contributed by atoms with Gasteiger partial charge in [-0.2, -0.15) is 0 Å². The minimum absolute atomic E-state index is 0.211. The first-order valence-corrected chi connectivity index (χ1v) is 6.94. The van der Waals surface area contributed by atoms with Crippen LogP contribution in [0.15, 0.2) is 30.3 Å². The van der Waals surface area contributed by atoms with Gasteiger partial charge in [0.15, 0.2) is 5.41 Å². The van der Waals surface area contributed by atoms with Crippen LogP contribution < -0.4 is 0 Å². The second kappa shape index (κ2) is 6.13. The molecule has 7 heteroatoms. The maximum atomic E-state index is 12.6. The summed E-state index contributed by atoms with van der Waals surface area (Å²) in [5.74, 6) is -1.98. The minimum atomic E-state index is -1.53. The summed E-state index contributed by atoms with van der Waals surface area (Å²) < 4.78 is 4.83. The minimum Gasteiger partial charge on any atom is -0.468 e. The highest BCUT2D eigenvalue weighted by molar-refractivity contribution is 6.05. The van der Waals surface area contributed by atoms with Crippen molar-refractivity contribution < 1.29 is 19.2 Å². The lowest BCUT2D eigenvalue weighted by molar-refractivity contribution is -0.485. The summed E-state index contributed by atoms with van der Waals surface area (Å²) in [5, 5.41) is 11.1. The lowest BCUT2D eigenvalue weighted by Gasteiger charge is -2.31. The molecule has 22 heavy (non-hydrogen) atoms. The van der Waals surface area contributed by atoms with Crippen LogP contribution in [0, 0.1) is 15.5 Å².